The van der Waals surface area contributed by atoms with Crippen LogP contribution < -0.4 is 0 Å². The smallest absolute Gasteiger partial charge is 0.167 e. The Balaban J connectivity index is 1.71. The fraction of sp³-hybridized carbons (Fsp3) is 0.520. The van der Waals surface area contributed by atoms with Crippen molar-refractivity contribution in [3.8, 4) is 11.1 Å². The van der Waals surface area contributed by atoms with E-state index in [1.54, 1.807) is 12.1 Å². The molecule has 1 saturated carbocycles. The van der Waals surface area contributed by atoms with Gasteiger partial charge in [0.15, 0.2) is 23.3 Å². The Hall–Kier alpha value is -1.84. The molecule has 0 saturated heterocycles. The zero-order valence-electron chi connectivity index (χ0n) is 17.2. The monoisotopic (exact) mass is 404 g/mol. The molecule has 2 aromatic carbocycles. The van der Waals surface area contributed by atoms with Crippen LogP contribution in [0.25, 0.3) is 11.1 Å². The fourth-order valence-electron chi connectivity index (χ4n) is 5.38. The van der Waals surface area contributed by atoms with Crippen LogP contribution in [-0.2, 0) is 12.8 Å². The van der Waals surface area contributed by atoms with Crippen molar-refractivity contribution in [2.45, 2.75) is 77.6 Å². The van der Waals surface area contributed by atoms with Crippen LogP contribution >= 0.6 is 0 Å². The second-order valence-electron chi connectivity index (χ2n) is 8.76. The van der Waals surface area contributed by atoms with Crippen LogP contribution in [0, 0.1) is 29.2 Å². The van der Waals surface area contributed by atoms with E-state index in [2.05, 4.69) is 6.92 Å². The number of aryl methyl sites for hydroxylation is 1. The molecule has 0 heterocycles. The van der Waals surface area contributed by atoms with Crippen molar-refractivity contribution in [1.29, 1.82) is 0 Å². The molecule has 0 aromatic heterocycles. The van der Waals surface area contributed by atoms with Crippen molar-refractivity contribution in [1.82, 2.24) is 0 Å². The lowest BCUT2D eigenvalue weighted by molar-refractivity contribution is 0.303. The van der Waals surface area contributed by atoms with Crippen LogP contribution in [-0.4, -0.2) is 0 Å². The third kappa shape index (κ3) is 3.49. The summed E-state index contributed by atoms with van der Waals surface area (Å²) in [4.78, 5) is 0. The zero-order valence-corrected chi connectivity index (χ0v) is 17.2. The lowest BCUT2D eigenvalue weighted by Crippen LogP contribution is -2.15. The molecule has 0 nitrogen and oxygen atoms in total. The van der Waals surface area contributed by atoms with Crippen molar-refractivity contribution < 1.29 is 17.6 Å². The van der Waals surface area contributed by atoms with Crippen molar-refractivity contribution in [2.75, 3.05) is 0 Å². The predicted octanol–water partition coefficient (Wildman–Crippen LogP) is 7.84. The SMILES string of the molecule is CCCc1cc2c(c(F)c1F)-c1c(cc(C3CCC(CCC)CC3)c(F)c1F)C2. The molecule has 2 aliphatic rings. The Morgan fingerprint density at radius 2 is 1.38 bits per heavy atom. The summed E-state index contributed by atoms with van der Waals surface area (Å²) in [6, 6.07) is 3.35. The van der Waals surface area contributed by atoms with Gasteiger partial charge >= 0.3 is 0 Å². The molecule has 0 aliphatic heterocycles. The average Bonchev–Trinajstić information content (AvgIpc) is 3.08. The first-order valence-corrected chi connectivity index (χ1v) is 11.0. The van der Waals surface area contributed by atoms with Crippen LogP contribution in [0.15, 0.2) is 12.1 Å². The van der Waals surface area contributed by atoms with Crippen molar-refractivity contribution in [3.05, 3.63) is 57.7 Å². The molecule has 4 rings (SSSR count). The minimum atomic E-state index is -1.05. The number of fused-ring (bicyclic) bond motifs is 3. The Labute approximate surface area is 170 Å². The minimum absolute atomic E-state index is 0.00357. The van der Waals surface area contributed by atoms with E-state index in [0.717, 1.165) is 32.1 Å². The largest absolute Gasteiger partial charge is 0.203 e. The van der Waals surface area contributed by atoms with Crippen molar-refractivity contribution >= 4 is 0 Å². The Morgan fingerprint density at radius 1 is 0.759 bits per heavy atom. The molecule has 4 heteroatoms. The molecule has 1 fully saturated rings. The summed E-state index contributed by atoms with van der Waals surface area (Å²) >= 11 is 0. The van der Waals surface area contributed by atoms with Gasteiger partial charge in [-0.15, -0.1) is 0 Å². The molecule has 29 heavy (non-hydrogen) atoms. The van der Waals surface area contributed by atoms with E-state index in [4.69, 9.17) is 0 Å². The fourth-order valence-corrected chi connectivity index (χ4v) is 5.38. The van der Waals surface area contributed by atoms with Crippen LogP contribution in [0.3, 0.4) is 0 Å². The maximum absolute atomic E-state index is 15.1. The maximum atomic E-state index is 15.1. The zero-order chi connectivity index (χ0) is 20.7. The first-order chi connectivity index (χ1) is 14.0. The van der Waals surface area contributed by atoms with E-state index < -0.39 is 23.3 Å². The van der Waals surface area contributed by atoms with Gasteiger partial charge in [-0.3, -0.25) is 0 Å². The van der Waals surface area contributed by atoms with Gasteiger partial charge in [0, 0.05) is 11.1 Å². The van der Waals surface area contributed by atoms with Crippen LogP contribution in [0.1, 0.15) is 87.0 Å². The second kappa shape index (κ2) is 8.12. The van der Waals surface area contributed by atoms with Gasteiger partial charge in [0.2, 0.25) is 0 Å². The van der Waals surface area contributed by atoms with Crippen LogP contribution in [0.2, 0.25) is 0 Å². The molecule has 0 unspecified atom stereocenters. The molecular formula is C25H28F4. The van der Waals surface area contributed by atoms with Gasteiger partial charge in [-0.25, -0.2) is 17.6 Å². The average molecular weight is 404 g/mol. The van der Waals surface area contributed by atoms with Gasteiger partial charge in [0.25, 0.3) is 0 Å². The molecule has 0 atom stereocenters. The third-order valence-electron chi connectivity index (χ3n) is 6.81. The summed E-state index contributed by atoms with van der Waals surface area (Å²) < 4.78 is 59.3. The van der Waals surface area contributed by atoms with E-state index in [1.165, 1.54) is 6.42 Å². The van der Waals surface area contributed by atoms with Crippen molar-refractivity contribution in [2.24, 2.45) is 5.92 Å². The lowest BCUT2D eigenvalue weighted by atomic mass is 9.76. The minimum Gasteiger partial charge on any atom is -0.203 e. The molecule has 0 spiro atoms. The Bertz CT molecular complexity index is 923. The maximum Gasteiger partial charge on any atom is 0.167 e. The van der Waals surface area contributed by atoms with Gasteiger partial charge in [-0.2, -0.15) is 0 Å². The number of hydrogen-bond acceptors (Lipinski definition) is 0. The van der Waals surface area contributed by atoms with Gasteiger partial charge in [0.1, 0.15) is 0 Å². The molecule has 0 amide bonds. The van der Waals surface area contributed by atoms with Crippen LogP contribution in [0.5, 0.6) is 0 Å². The summed E-state index contributed by atoms with van der Waals surface area (Å²) in [6.07, 6.45) is 7.58. The summed E-state index contributed by atoms with van der Waals surface area (Å²) in [6.45, 7) is 4.07. The molecule has 0 radical (unpaired) electrons. The lowest BCUT2D eigenvalue weighted by Gasteiger charge is -2.29. The molecule has 0 N–H and O–H groups in total. The van der Waals surface area contributed by atoms with Gasteiger partial charge < -0.3 is 0 Å². The van der Waals surface area contributed by atoms with Gasteiger partial charge in [0.05, 0.1) is 0 Å². The molecule has 2 aromatic rings. The highest BCUT2D eigenvalue weighted by atomic mass is 19.2. The number of benzene rings is 2. The highest BCUT2D eigenvalue weighted by Gasteiger charge is 2.34. The number of hydrogen-bond donors (Lipinski definition) is 0. The molecular weight excluding hydrogens is 376 g/mol. The summed E-state index contributed by atoms with van der Waals surface area (Å²) in [5.41, 5.74) is 1.69. The van der Waals surface area contributed by atoms with E-state index >= 15 is 8.78 Å². The van der Waals surface area contributed by atoms with E-state index in [-0.39, 0.29) is 17.0 Å². The molecule has 0 bridgehead atoms. The van der Waals surface area contributed by atoms with Gasteiger partial charge in [-0.1, -0.05) is 45.2 Å². The normalized spacial score (nSPS) is 20.6. The Morgan fingerprint density at radius 3 is 2.00 bits per heavy atom. The number of rotatable bonds is 5. The first kappa shape index (κ1) is 20.4. The highest BCUT2D eigenvalue weighted by molar-refractivity contribution is 5.79. The van der Waals surface area contributed by atoms with E-state index in [1.807, 2.05) is 6.92 Å². The Kier molecular flexibility index (Phi) is 5.72. The topological polar surface area (TPSA) is 0 Å². The summed E-state index contributed by atoms with van der Waals surface area (Å²) in [5.74, 6) is -3.20. The molecule has 156 valence electrons. The van der Waals surface area contributed by atoms with Gasteiger partial charge in [-0.05, 0) is 72.6 Å². The summed E-state index contributed by atoms with van der Waals surface area (Å²) in [7, 11) is 0. The number of halogens is 4. The standard InChI is InChI=1S/C25H28F4/c1-3-5-14-7-9-15(10-8-14)19-13-18-12-17-11-16(6-4-2)22(26)24(28)20(17)21(18)25(29)23(19)27/h11,13-15H,3-10,12H2,1-2H3. The van der Waals surface area contributed by atoms with Crippen LogP contribution in [0.4, 0.5) is 17.6 Å². The van der Waals surface area contributed by atoms with E-state index in [9.17, 15) is 8.78 Å². The highest BCUT2D eigenvalue weighted by Crippen LogP contribution is 2.46. The quantitative estimate of drug-likeness (QED) is 0.380. The molecule has 2 aliphatic carbocycles. The summed E-state index contributed by atoms with van der Waals surface area (Å²) in [5, 5.41) is 0. The first-order valence-electron chi connectivity index (χ1n) is 11.0. The van der Waals surface area contributed by atoms with E-state index in [0.29, 0.717) is 47.4 Å². The predicted molar refractivity (Wildman–Crippen MR) is 108 cm³/mol. The second-order valence-corrected chi connectivity index (χ2v) is 8.76. The third-order valence-corrected chi connectivity index (χ3v) is 6.81. The van der Waals surface area contributed by atoms with Crippen molar-refractivity contribution in [3.63, 3.8) is 0 Å².